The van der Waals surface area contributed by atoms with Gasteiger partial charge in [-0.1, -0.05) is 71.1 Å². The van der Waals surface area contributed by atoms with Gasteiger partial charge >= 0.3 is 0 Å². The van der Waals surface area contributed by atoms with Crippen LogP contribution in [-0.4, -0.2) is 39.2 Å². The lowest BCUT2D eigenvalue weighted by Crippen LogP contribution is -3.00. The van der Waals surface area contributed by atoms with Gasteiger partial charge in [0.1, 0.15) is 0 Å². The normalized spacial score (nSPS) is 10.5. The Hall–Kier alpha value is 0.210. The van der Waals surface area contributed by atoms with Gasteiger partial charge in [-0.25, -0.2) is 0 Å². The molecule has 0 radical (unpaired) electrons. The Morgan fingerprint density at radius 3 is 1.10 bits per heavy atom. The van der Waals surface area contributed by atoms with Crippen LogP contribution in [0.5, 0.6) is 0 Å². The monoisotopic (exact) mass is 308 g/mol. The van der Waals surface area contributed by atoms with Crippen molar-refractivity contribution in [2.75, 3.05) is 34.7 Å². The molecule has 2 N–H and O–H groups in total. The lowest BCUT2D eigenvalue weighted by molar-refractivity contribution is -0.849. The first-order valence-electron chi connectivity index (χ1n) is 8.40. The highest BCUT2D eigenvalue weighted by Gasteiger charge is 1.91. The third-order valence-electron chi connectivity index (χ3n) is 2.81. The molecule has 2 nitrogen and oxygen atoms in total. The average molecular weight is 309 g/mol. The first kappa shape index (κ1) is 25.2. The van der Waals surface area contributed by atoms with E-state index in [9.17, 15) is 0 Å². The maximum absolute atomic E-state index is 5.44. The van der Waals surface area contributed by atoms with Crippen molar-refractivity contribution in [2.24, 2.45) is 5.73 Å². The number of halogens is 1. The maximum atomic E-state index is 5.44. The summed E-state index contributed by atoms with van der Waals surface area (Å²) in [5.74, 6) is 0. The minimum Gasteiger partial charge on any atom is -1.00 e. The molecule has 0 aliphatic heterocycles. The number of nitrogens with two attached hydrogens (primary N) is 1. The SMILES string of the molecule is CCCCCCCCCCCCCN.C[N+](C)(C)C.[Cl-]. The number of hydrogen-bond donors (Lipinski definition) is 1. The van der Waals surface area contributed by atoms with Crippen LogP contribution < -0.4 is 18.1 Å². The van der Waals surface area contributed by atoms with Crippen molar-refractivity contribution in [2.45, 2.75) is 77.6 Å². The van der Waals surface area contributed by atoms with Crippen molar-refractivity contribution in [1.29, 1.82) is 0 Å². The molecule has 0 aromatic heterocycles. The lowest BCUT2D eigenvalue weighted by atomic mass is 10.1. The van der Waals surface area contributed by atoms with E-state index in [1.807, 2.05) is 0 Å². The van der Waals surface area contributed by atoms with E-state index in [0.29, 0.717) is 0 Å². The fourth-order valence-corrected chi connectivity index (χ4v) is 1.81. The molecule has 20 heavy (non-hydrogen) atoms. The quantitative estimate of drug-likeness (QED) is 0.455. The van der Waals surface area contributed by atoms with Gasteiger partial charge in [-0.15, -0.1) is 0 Å². The molecule has 0 bridgehead atoms. The van der Waals surface area contributed by atoms with Crippen LogP contribution in [0.1, 0.15) is 77.6 Å². The van der Waals surface area contributed by atoms with E-state index in [0.717, 1.165) is 11.0 Å². The van der Waals surface area contributed by atoms with E-state index in [1.165, 1.54) is 70.6 Å². The summed E-state index contributed by atoms with van der Waals surface area (Å²) in [5.41, 5.74) is 5.44. The summed E-state index contributed by atoms with van der Waals surface area (Å²) in [6, 6.07) is 0. The second-order valence-electron chi connectivity index (χ2n) is 7.01. The molecule has 0 heterocycles. The summed E-state index contributed by atoms with van der Waals surface area (Å²) in [7, 11) is 8.50. The second-order valence-corrected chi connectivity index (χ2v) is 7.01. The average Bonchev–Trinajstić information content (AvgIpc) is 2.29. The summed E-state index contributed by atoms with van der Waals surface area (Å²) in [4.78, 5) is 0. The van der Waals surface area contributed by atoms with Gasteiger partial charge in [-0.05, 0) is 13.0 Å². The fraction of sp³-hybridized carbons (Fsp3) is 1.00. The molecule has 0 saturated carbocycles. The fourth-order valence-electron chi connectivity index (χ4n) is 1.81. The predicted molar refractivity (Wildman–Crippen MR) is 89.5 cm³/mol. The molecule has 0 fully saturated rings. The molecule has 0 aliphatic carbocycles. The highest BCUT2D eigenvalue weighted by molar-refractivity contribution is 4.47. The van der Waals surface area contributed by atoms with Crippen molar-refractivity contribution in [3.05, 3.63) is 0 Å². The molecule has 126 valence electrons. The first-order valence-corrected chi connectivity index (χ1v) is 8.40. The van der Waals surface area contributed by atoms with Crippen LogP contribution in [0, 0.1) is 0 Å². The van der Waals surface area contributed by atoms with Gasteiger partial charge < -0.3 is 22.6 Å². The summed E-state index contributed by atoms with van der Waals surface area (Å²) in [6.45, 7) is 3.15. The molecule has 0 aliphatic rings. The van der Waals surface area contributed by atoms with Gasteiger partial charge in [0, 0.05) is 0 Å². The van der Waals surface area contributed by atoms with Crippen molar-refractivity contribution < 1.29 is 16.9 Å². The van der Waals surface area contributed by atoms with Crippen molar-refractivity contribution >= 4 is 0 Å². The topological polar surface area (TPSA) is 26.0 Å². The van der Waals surface area contributed by atoms with E-state index in [2.05, 4.69) is 35.1 Å². The number of rotatable bonds is 11. The lowest BCUT2D eigenvalue weighted by Gasteiger charge is -2.14. The van der Waals surface area contributed by atoms with E-state index in [-0.39, 0.29) is 12.4 Å². The molecule has 0 unspecified atom stereocenters. The van der Waals surface area contributed by atoms with E-state index in [4.69, 9.17) is 5.73 Å². The highest BCUT2D eigenvalue weighted by Crippen LogP contribution is 2.10. The maximum Gasteiger partial charge on any atom is 0.0675 e. The smallest absolute Gasteiger partial charge is 0.0675 e. The zero-order chi connectivity index (χ0) is 15.0. The molecule has 0 spiro atoms. The molecule has 3 heteroatoms. The zero-order valence-corrected chi connectivity index (χ0v) is 15.6. The third-order valence-corrected chi connectivity index (χ3v) is 2.81. The molecular formula is C17H41ClN2. The molecule has 0 atom stereocenters. The number of unbranched alkanes of at least 4 members (excludes halogenated alkanes) is 10. The standard InChI is InChI=1S/C13H29N.C4H12N.ClH/c1-2-3-4-5-6-7-8-9-10-11-12-13-14;1-5(2,3)4;/h2-14H2,1H3;1-4H3;1H/q;+1;/p-1. The van der Waals surface area contributed by atoms with Crippen LogP contribution in [0.3, 0.4) is 0 Å². The third kappa shape index (κ3) is 42.9. The summed E-state index contributed by atoms with van der Waals surface area (Å²) >= 11 is 0. The van der Waals surface area contributed by atoms with Gasteiger partial charge in [-0.2, -0.15) is 0 Å². The number of quaternary nitrogens is 1. The highest BCUT2D eigenvalue weighted by atomic mass is 35.5. The van der Waals surface area contributed by atoms with Crippen LogP contribution in [0.15, 0.2) is 0 Å². The van der Waals surface area contributed by atoms with Gasteiger partial charge in [0.05, 0.1) is 28.2 Å². The van der Waals surface area contributed by atoms with E-state index >= 15 is 0 Å². The Morgan fingerprint density at radius 2 is 0.850 bits per heavy atom. The molecule has 0 amide bonds. The number of hydrogen-bond acceptors (Lipinski definition) is 1. The largest absolute Gasteiger partial charge is 1.00 e. The van der Waals surface area contributed by atoms with Crippen molar-refractivity contribution in [1.82, 2.24) is 0 Å². The molecule has 0 saturated heterocycles. The van der Waals surface area contributed by atoms with E-state index in [1.54, 1.807) is 0 Å². The first-order chi connectivity index (χ1) is 8.91. The van der Waals surface area contributed by atoms with E-state index < -0.39 is 0 Å². The molecule has 0 aromatic rings. The summed E-state index contributed by atoms with van der Waals surface area (Å²) in [6.07, 6.45) is 15.4. The minimum atomic E-state index is 0. The van der Waals surface area contributed by atoms with Gasteiger partial charge in [-0.3, -0.25) is 0 Å². The summed E-state index contributed by atoms with van der Waals surface area (Å²) in [5, 5.41) is 0. The Kier molecular flexibility index (Phi) is 24.2. The Bertz CT molecular complexity index is 138. The van der Waals surface area contributed by atoms with Crippen LogP contribution in [-0.2, 0) is 0 Å². The van der Waals surface area contributed by atoms with Crippen LogP contribution in [0.25, 0.3) is 0 Å². The van der Waals surface area contributed by atoms with Crippen molar-refractivity contribution in [3.63, 3.8) is 0 Å². The van der Waals surface area contributed by atoms with Crippen molar-refractivity contribution in [3.8, 4) is 0 Å². The second kappa shape index (κ2) is 19.2. The summed E-state index contributed by atoms with van der Waals surface area (Å²) < 4.78 is 1.00. The van der Waals surface area contributed by atoms with Gasteiger partial charge in [0.2, 0.25) is 0 Å². The van der Waals surface area contributed by atoms with Crippen LogP contribution in [0.4, 0.5) is 0 Å². The van der Waals surface area contributed by atoms with Gasteiger partial charge in [0.15, 0.2) is 0 Å². The van der Waals surface area contributed by atoms with Crippen LogP contribution >= 0.6 is 0 Å². The number of nitrogens with zero attached hydrogens (tertiary/aromatic N) is 1. The Morgan fingerprint density at radius 1 is 0.600 bits per heavy atom. The molecule has 0 rings (SSSR count). The Labute approximate surface area is 135 Å². The zero-order valence-electron chi connectivity index (χ0n) is 14.9. The molecule has 0 aromatic carbocycles. The minimum absolute atomic E-state index is 0. The predicted octanol–water partition coefficient (Wildman–Crippen LogP) is 1.58. The van der Waals surface area contributed by atoms with Gasteiger partial charge in [0.25, 0.3) is 0 Å². The molecular weight excluding hydrogens is 268 g/mol. The Balaban J connectivity index is -0.000000414. The van der Waals surface area contributed by atoms with Crippen LogP contribution in [0.2, 0.25) is 0 Å².